The summed E-state index contributed by atoms with van der Waals surface area (Å²) in [5.41, 5.74) is 0.376. The molecule has 0 aliphatic rings. The van der Waals surface area contributed by atoms with Crippen molar-refractivity contribution in [3.63, 3.8) is 0 Å². The van der Waals surface area contributed by atoms with E-state index in [9.17, 15) is 9.18 Å². The minimum absolute atomic E-state index is 0.0517. The largest absolute Gasteiger partial charge is 0.460 e. The molecule has 1 heterocycles. The van der Waals surface area contributed by atoms with Gasteiger partial charge in [0.15, 0.2) is 0 Å². The summed E-state index contributed by atoms with van der Waals surface area (Å²) in [6.45, 7) is 1.96. The molecule has 0 amide bonds. The zero-order chi connectivity index (χ0) is 13.8. The molecule has 0 fully saturated rings. The van der Waals surface area contributed by atoms with Gasteiger partial charge in [-0.2, -0.15) is 0 Å². The molecule has 1 aromatic heterocycles. The predicted octanol–water partition coefficient (Wildman–Crippen LogP) is 1.80. The van der Waals surface area contributed by atoms with Gasteiger partial charge in [0.2, 0.25) is 0 Å². The molecular formula is C11H10BrFN4O2. The number of halogens is 2. The summed E-state index contributed by atoms with van der Waals surface area (Å²) in [6, 6.07) is 4.63. The Morgan fingerprint density at radius 2 is 2.32 bits per heavy atom. The van der Waals surface area contributed by atoms with E-state index in [1.54, 1.807) is 19.1 Å². The summed E-state index contributed by atoms with van der Waals surface area (Å²) in [5.74, 6) is -1.09. The van der Waals surface area contributed by atoms with Crippen molar-refractivity contribution >= 4 is 21.9 Å². The van der Waals surface area contributed by atoms with Crippen molar-refractivity contribution in [2.75, 3.05) is 6.61 Å². The van der Waals surface area contributed by atoms with Gasteiger partial charge < -0.3 is 4.74 Å². The lowest BCUT2D eigenvalue weighted by atomic mass is 10.2. The number of benzene rings is 1. The van der Waals surface area contributed by atoms with E-state index in [1.807, 2.05) is 0 Å². The van der Waals surface area contributed by atoms with Gasteiger partial charge in [-0.1, -0.05) is 22.0 Å². The fourth-order valence-electron chi connectivity index (χ4n) is 1.46. The van der Waals surface area contributed by atoms with Crippen LogP contribution in [0, 0.1) is 5.82 Å². The summed E-state index contributed by atoms with van der Waals surface area (Å²) in [4.78, 5) is 11.6. The summed E-state index contributed by atoms with van der Waals surface area (Å²) < 4.78 is 20.3. The van der Waals surface area contributed by atoms with E-state index >= 15 is 0 Å². The highest BCUT2D eigenvalue weighted by atomic mass is 79.9. The molecule has 19 heavy (non-hydrogen) atoms. The van der Waals surface area contributed by atoms with Crippen LogP contribution in [0.5, 0.6) is 0 Å². The van der Waals surface area contributed by atoms with Gasteiger partial charge in [-0.3, -0.25) is 0 Å². The zero-order valence-corrected chi connectivity index (χ0v) is 11.6. The smallest absolute Gasteiger partial charge is 0.378 e. The second-order valence-electron chi connectivity index (χ2n) is 3.62. The van der Waals surface area contributed by atoms with E-state index in [4.69, 9.17) is 4.74 Å². The van der Waals surface area contributed by atoms with Crippen molar-refractivity contribution in [1.82, 2.24) is 20.2 Å². The fourth-order valence-corrected chi connectivity index (χ4v) is 1.80. The average Bonchev–Trinajstić information content (AvgIpc) is 2.81. The third-order valence-electron chi connectivity index (χ3n) is 2.33. The molecule has 0 unspecified atom stereocenters. The number of nitrogens with zero attached hydrogens (tertiary/aromatic N) is 4. The molecule has 0 aliphatic carbocycles. The second-order valence-corrected chi connectivity index (χ2v) is 4.53. The quantitative estimate of drug-likeness (QED) is 0.800. The van der Waals surface area contributed by atoms with Gasteiger partial charge in [0.05, 0.1) is 13.2 Å². The third-order valence-corrected chi connectivity index (χ3v) is 2.82. The molecule has 0 saturated heterocycles. The van der Waals surface area contributed by atoms with Crippen LogP contribution in [-0.4, -0.2) is 32.8 Å². The highest BCUT2D eigenvalue weighted by Crippen LogP contribution is 2.16. The molecule has 0 aliphatic heterocycles. The number of carbonyl (C=O) groups is 1. The molecule has 2 aromatic rings. The Hall–Kier alpha value is -1.83. The SMILES string of the molecule is CCOC(=O)c1nnnn1Cc1ccc(Br)cc1F. The van der Waals surface area contributed by atoms with E-state index < -0.39 is 11.8 Å². The maximum absolute atomic E-state index is 13.7. The lowest BCUT2D eigenvalue weighted by Gasteiger charge is -2.05. The van der Waals surface area contributed by atoms with Crippen LogP contribution < -0.4 is 0 Å². The molecule has 0 N–H and O–H groups in total. The minimum Gasteiger partial charge on any atom is -0.460 e. The van der Waals surface area contributed by atoms with Crippen LogP contribution >= 0.6 is 15.9 Å². The Bertz CT molecular complexity index is 602. The van der Waals surface area contributed by atoms with Crippen LogP contribution in [-0.2, 0) is 11.3 Å². The lowest BCUT2D eigenvalue weighted by molar-refractivity contribution is 0.0505. The van der Waals surface area contributed by atoms with Crippen molar-refractivity contribution in [1.29, 1.82) is 0 Å². The van der Waals surface area contributed by atoms with Gasteiger partial charge in [0.1, 0.15) is 5.82 Å². The van der Waals surface area contributed by atoms with Crippen molar-refractivity contribution in [2.24, 2.45) is 0 Å². The van der Waals surface area contributed by atoms with Crippen molar-refractivity contribution < 1.29 is 13.9 Å². The van der Waals surface area contributed by atoms with E-state index in [0.717, 1.165) is 0 Å². The number of tetrazole rings is 1. The van der Waals surface area contributed by atoms with Gasteiger partial charge in [-0.05, 0) is 29.5 Å². The zero-order valence-electron chi connectivity index (χ0n) is 10.0. The third kappa shape index (κ3) is 3.14. The van der Waals surface area contributed by atoms with E-state index in [0.29, 0.717) is 10.0 Å². The minimum atomic E-state index is -0.634. The monoisotopic (exact) mass is 328 g/mol. The van der Waals surface area contributed by atoms with Crippen molar-refractivity contribution in [3.8, 4) is 0 Å². The molecule has 0 spiro atoms. The van der Waals surface area contributed by atoms with Gasteiger partial charge in [0, 0.05) is 10.0 Å². The maximum Gasteiger partial charge on any atom is 0.378 e. The van der Waals surface area contributed by atoms with Crippen LogP contribution in [0.3, 0.4) is 0 Å². The predicted molar refractivity (Wildman–Crippen MR) is 67.0 cm³/mol. The molecule has 0 atom stereocenters. The van der Waals surface area contributed by atoms with Crippen LogP contribution in [0.15, 0.2) is 22.7 Å². The Kier molecular flexibility index (Phi) is 4.20. The molecule has 0 radical (unpaired) electrons. The first-order chi connectivity index (χ1) is 9.11. The molecule has 8 heteroatoms. The average molecular weight is 329 g/mol. The number of aromatic nitrogens is 4. The first-order valence-electron chi connectivity index (χ1n) is 5.49. The summed E-state index contributed by atoms with van der Waals surface area (Å²) in [7, 11) is 0. The summed E-state index contributed by atoms with van der Waals surface area (Å²) in [6.07, 6.45) is 0. The van der Waals surface area contributed by atoms with Gasteiger partial charge in [-0.25, -0.2) is 13.9 Å². The second kappa shape index (κ2) is 5.87. The number of rotatable bonds is 4. The Labute approximate surface area is 116 Å². The normalized spacial score (nSPS) is 10.5. The van der Waals surface area contributed by atoms with Crippen LogP contribution in [0.4, 0.5) is 4.39 Å². The number of esters is 1. The first-order valence-corrected chi connectivity index (χ1v) is 6.28. The number of hydrogen-bond donors (Lipinski definition) is 0. The molecular weight excluding hydrogens is 319 g/mol. The molecule has 0 saturated carbocycles. The standard InChI is InChI=1S/C11H10BrFN4O2/c1-2-19-11(18)10-14-15-16-17(10)6-7-3-4-8(12)5-9(7)13/h3-5H,2,6H2,1H3. The van der Waals surface area contributed by atoms with Gasteiger partial charge >= 0.3 is 5.97 Å². The Morgan fingerprint density at radius 1 is 1.53 bits per heavy atom. The maximum atomic E-state index is 13.7. The van der Waals surface area contributed by atoms with Gasteiger partial charge in [0.25, 0.3) is 5.82 Å². The highest BCUT2D eigenvalue weighted by Gasteiger charge is 2.17. The van der Waals surface area contributed by atoms with E-state index in [2.05, 4.69) is 31.5 Å². The topological polar surface area (TPSA) is 69.9 Å². The van der Waals surface area contributed by atoms with E-state index in [-0.39, 0.29) is 19.0 Å². The molecule has 6 nitrogen and oxygen atoms in total. The molecule has 100 valence electrons. The van der Waals surface area contributed by atoms with Crippen molar-refractivity contribution in [3.05, 3.63) is 39.9 Å². The first kappa shape index (κ1) is 13.6. The lowest BCUT2D eigenvalue weighted by Crippen LogP contribution is -2.15. The van der Waals surface area contributed by atoms with Crippen LogP contribution in [0.2, 0.25) is 0 Å². The Balaban J connectivity index is 2.24. The number of ether oxygens (including phenoxy) is 1. The summed E-state index contributed by atoms with van der Waals surface area (Å²) in [5, 5.41) is 10.6. The van der Waals surface area contributed by atoms with E-state index in [1.165, 1.54) is 10.7 Å². The highest BCUT2D eigenvalue weighted by molar-refractivity contribution is 9.10. The van der Waals surface area contributed by atoms with Crippen LogP contribution in [0.1, 0.15) is 23.1 Å². The molecule has 0 bridgehead atoms. The van der Waals surface area contributed by atoms with Crippen molar-refractivity contribution in [2.45, 2.75) is 13.5 Å². The summed E-state index contributed by atoms with van der Waals surface area (Å²) >= 11 is 3.17. The van der Waals surface area contributed by atoms with Crippen LogP contribution in [0.25, 0.3) is 0 Å². The molecule has 1 aromatic carbocycles. The Morgan fingerprint density at radius 3 is 3.00 bits per heavy atom. The van der Waals surface area contributed by atoms with Gasteiger partial charge in [-0.15, -0.1) is 5.10 Å². The number of hydrogen-bond acceptors (Lipinski definition) is 5. The fraction of sp³-hybridized carbons (Fsp3) is 0.273. The number of carbonyl (C=O) groups excluding carboxylic acids is 1. The molecule has 2 rings (SSSR count).